The maximum atomic E-state index is 5.06. The SMILES string of the molecule is C1=[NH+]c2ccccc2ON1. The molecule has 3 nitrogen and oxygen atoms in total. The summed E-state index contributed by atoms with van der Waals surface area (Å²) in [5.74, 6) is 0.824. The van der Waals surface area contributed by atoms with Gasteiger partial charge in [-0.1, -0.05) is 17.6 Å². The van der Waals surface area contributed by atoms with Crippen LogP contribution in [0.3, 0.4) is 0 Å². The van der Waals surface area contributed by atoms with E-state index in [2.05, 4.69) is 10.5 Å². The van der Waals surface area contributed by atoms with Crippen molar-refractivity contribution in [2.24, 2.45) is 0 Å². The van der Waals surface area contributed by atoms with Crippen LogP contribution in [0.15, 0.2) is 24.3 Å². The van der Waals surface area contributed by atoms with Crippen LogP contribution in [0.2, 0.25) is 0 Å². The van der Waals surface area contributed by atoms with Crippen molar-refractivity contribution in [1.82, 2.24) is 5.48 Å². The van der Waals surface area contributed by atoms with Gasteiger partial charge < -0.3 is 0 Å². The van der Waals surface area contributed by atoms with E-state index in [-0.39, 0.29) is 0 Å². The first-order valence-electron chi connectivity index (χ1n) is 3.06. The minimum Gasteiger partial charge on any atom is -0.300 e. The first-order valence-corrected chi connectivity index (χ1v) is 3.06. The summed E-state index contributed by atoms with van der Waals surface area (Å²) in [6.45, 7) is 0. The van der Waals surface area contributed by atoms with Crippen molar-refractivity contribution in [3.05, 3.63) is 24.3 Å². The molecule has 0 fully saturated rings. The summed E-state index contributed by atoms with van der Waals surface area (Å²) < 4.78 is 0. The summed E-state index contributed by atoms with van der Waals surface area (Å²) in [7, 11) is 0. The number of hydrogen-bond donors (Lipinski definition) is 2. The lowest BCUT2D eigenvalue weighted by Gasteiger charge is -2.03. The molecule has 3 heteroatoms. The second-order valence-corrected chi connectivity index (χ2v) is 2.00. The van der Waals surface area contributed by atoms with Crippen LogP contribution >= 0.6 is 0 Å². The smallest absolute Gasteiger partial charge is 0.274 e. The summed E-state index contributed by atoms with van der Waals surface area (Å²) in [5, 5.41) is 0. The minimum absolute atomic E-state index is 0.824. The molecule has 0 aromatic heterocycles. The van der Waals surface area contributed by atoms with E-state index >= 15 is 0 Å². The molecule has 0 bridgehead atoms. The molecule has 1 heterocycles. The third-order valence-corrected chi connectivity index (χ3v) is 1.34. The summed E-state index contributed by atoms with van der Waals surface area (Å²) in [6.07, 6.45) is 1.64. The molecule has 0 saturated heterocycles. The summed E-state index contributed by atoms with van der Waals surface area (Å²) in [4.78, 5) is 8.06. The second-order valence-electron chi connectivity index (χ2n) is 2.00. The Bertz CT molecular complexity index is 270. The molecule has 10 heavy (non-hydrogen) atoms. The molecular weight excluding hydrogens is 128 g/mol. The number of fused-ring (bicyclic) bond motifs is 1. The normalized spacial score (nSPS) is 13.2. The van der Waals surface area contributed by atoms with Gasteiger partial charge in [0.05, 0.1) is 0 Å². The van der Waals surface area contributed by atoms with E-state index < -0.39 is 0 Å². The monoisotopic (exact) mass is 135 g/mol. The van der Waals surface area contributed by atoms with Gasteiger partial charge in [0.25, 0.3) is 6.34 Å². The van der Waals surface area contributed by atoms with Crippen LogP contribution in [0.1, 0.15) is 0 Å². The van der Waals surface area contributed by atoms with Crippen molar-refractivity contribution in [2.75, 3.05) is 0 Å². The van der Waals surface area contributed by atoms with Crippen LogP contribution in [0.4, 0.5) is 5.69 Å². The van der Waals surface area contributed by atoms with E-state index in [4.69, 9.17) is 4.84 Å². The molecule has 2 N–H and O–H groups in total. The first kappa shape index (κ1) is 5.29. The van der Waals surface area contributed by atoms with Crippen molar-refractivity contribution < 1.29 is 9.83 Å². The van der Waals surface area contributed by atoms with Gasteiger partial charge in [-0.2, -0.15) is 0 Å². The zero-order valence-corrected chi connectivity index (χ0v) is 5.29. The zero-order valence-electron chi connectivity index (χ0n) is 5.29. The molecule has 1 aliphatic heterocycles. The summed E-state index contributed by atoms with van der Waals surface area (Å²) in [6, 6.07) is 7.72. The van der Waals surface area contributed by atoms with Gasteiger partial charge >= 0.3 is 0 Å². The van der Waals surface area contributed by atoms with Crippen LogP contribution in [-0.2, 0) is 0 Å². The Hall–Kier alpha value is -1.51. The number of benzene rings is 1. The van der Waals surface area contributed by atoms with E-state index in [0.717, 1.165) is 11.4 Å². The maximum absolute atomic E-state index is 5.06. The Kier molecular flexibility index (Phi) is 1.07. The van der Waals surface area contributed by atoms with Gasteiger partial charge in [-0.15, -0.1) is 0 Å². The predicted molar refractivity (Wildman–Crippen MR) is 36.9 cm³/mol. The topological polar surface area (TPSA) is 35.2 Å². The largest absolute Gasteiger partial charge is 0.300 e. The minimum atomic E-state index is 0.824. The van der Waals surface area contributed by atoms with Crippen LogP contribution in [0.5, 0.6) is 5.75 Å². The molecule has 1 aromatic carbocycles. The third kappa shape index (κ3) is 0.719. The predicted octanol–water partition coefficient (Wildman–Crippen LogP) is -0.676. The Morgan fingerprint density at radius 2 is 2.20 bits per heavy atom. The number of para-hydroxylation sites is 2. The molecule has 50 valence electrons. The van der Waals surface area contributed by atoms with Gasteiger partial charge in [-0.3, -0.25) is 4.84 Å². The van der Waals surface area contributed by atoms with E-state index in [9.17, 15) is 0 Å². The number of hydrogen-bond acceptors (Lipinski definition) is 2. The van der Waals surface area contributed by atoms with Crippen molar-refractivity contribution in [3.8, 4) is 5.75 Å². The van der Waals surface area contributed by atoms with Gasteiger partial charge in [0.2, 0.25) is 5.75 Å². The van der Waals surface area contributed by atoms with Gasteiger partial charge in [0, 0.05) is 0 Å². The van der Waals surface area contributed by atoms with Gasteiger partial charge in [0.1, 0.15) is 0 Å². The van der Waals surface area contributed by atoms with Crippen molar-refractivity contribution in [3.63, 3.8) is 0 Å². The van der Waals surface area contributed by atoms with E-state index in [1.165, 1.54) is 0 Å². The Balaban J connectivity index is 2.54. The Morgan fingerprint density at radius 1 is 1.30 bits per heavy atom. The lowest BCUT2D eigenvalue weighted by atomic mass is 10.3. The third-order valence-electron chi connectivity index (χ3n) is 1.34. The van der Waals surface area contributed by atoms with E-state index in [0.29, 0.717) is 0 Å². The standard InChI is InChI=1S/C7H6N2O/c1-2-4-7-6(3-1)8-5-9-10-7/h1-5H,(H,8,9)/p+1. The summed E-state index contributed by atoms with van der Waals surface area (Å²) >= 11 is 0. The highest BCUT2D eigenvalue weighted by Crippen LogP contribution is 2.17. The molecule has 0 amide bonds. The van der Waals surface area contributed by atoms with Gasteiger partial charge in [-0.25, -0.2) is 4.99 Å². The number of nitrogens with one attached hydrogen (secondary N) is 2. The highest BCUT2D eigenvalue weighted by molar-refractivity contribution is 5.55. The highest BCUT2D eigenvalue weighted by atomic mass is 16.6. The van der Waals surface area contributed by atoms with E-state index in [1.54, 1.807) is 6.34 Å². The number of rotatable bonds is 0. The average Bonchev–Trinajstić information content (AvgIpc) is 2.05. The zero-order chi connectivity index (χ0) is 6.81. The fourth-order valence-electron chi connectivity index (χ4n) is 0.875. The van der Waals surface area contributed by atoms with E-state index in [1.807, 2.05) is 24.3 Å². The fourth-order valence-corrected chi connectivity index (χ4v) is 0.875. The van der Waals surface area contributed by atoms with Crippen molar-refractivity contribution >= 4 is 12.0 Å². The maximum Gasteiger partial charge on any atom is 0.274 e. The summed E-state index contributed by atoms with van der Waals surface area (Å²) in [5.41, 5.74) is 3.59. The molecule has 2 rings (SSSR count). The molecule has 0 aliphatic carbocycles. The van der Waals surface area contributed by atoms with Crippen LogP contribution < -0.4 is 15.3 Å². The number of hydroxylamine groups is 1. The molecule has 0 spiro atoms. The van der Waals surface area contributed by atoms with Crippen molar-refractivity contribution in [1.29, 1.82) is 0 Å². The Labute approximate surface area is 58.3 Å². The molecule has 1 aliphatic rings. The molecule has 0 unspecified atom stereocenters. The quantitative estimate of drug-likeness (QED) is 0.494. The lowest BCUT2D eigenvalue weighted by molar-refractivity contribution is -0.359. The van der Waals surface area contributed by atoms with Gasteiger partial charge in [-0.05, 0) is 12.1 Å². The second kappa shape index (κ2) is 2.02. The van der Waals surface area contributed by atoms with Crippen LogP contribution in [0.25, 0.3) is 0 Å². The molecule has 1 aromatic rings. The van der Waals surface area contributed by atoms with Crippen LogP contribution in [-0.4, -0.2) is 6.34 Å². The van der Waals surface area contributed by atoms with Crippen LogP contribution in [0, 0.1) is 0 Å². The van der Waals surface area contributed by atoms with Gasteiger partial charge in [0.15, 0.2) is 5.69 Å². The van der Waals surface area contributed by atoms with Crippen molar-refractivity contribution in [2.45, 2.75) is 0 Å². The highest BCUT2D eigenvalue weighted by Gasteiger charge is 2.08. The molecule has 0 atom stereocenters. The molecule has 0 radical (unpaired) electrons. The molecule has 0 saturated carbocycles. The fraction of sp³-hybridized carbons (Fsp3) is 0. The first-order chi connectivity index (χ1) is 4.97. The Morgan fingerprint density at radius 3 is 3.10 bits per heavy atom. The molecular formula is C7H7N2O+. The average molecular weight is 135 g/mol. The lowest BCUT2D eigenvalue weighted by Crippen LogP contribution is -2.67.